The second kappa shape index (κ2) is 10.0. The second-order valence-corrected chi connectivity index (χ2v) is 7.29. The van der Waals surface area contributed by atoms with Gasteiger partial charge in [-0.2, -0.15) is 0 Å². The smallest absolute Gasteiger partial charge is 0.228 e. The zero-order valence-electron chi connectivity index (χ0n) is 17.4. The summed E-state index contributed by atoms with van der Waals surface area (Å²) in [5.41, 5.74) is 0.643. The van der Waals surface area contributed by atoms with Crippen LogP contribution in [0.4, 0.5) is 5.69 Å². The van der Waals surface area contributed by atoms with Crippen molar-refractivity contribution in [3.63, 3.8) is 0 Å². The first kappa shape index (κ1) is 23.1. The molecule has 9 heteroatoms. The molecular weight excluding hydrogens is 398 g/mol. The summed E-state index contributed by atoms with van der Waals surface area (Å²) in [5, 5.41) is 3.17. The number of anilines is 1. The Balaban J connectivity index is 0.00000300. The molecule has 2 saturated heterocycles. The summed E-state index contributed by atoms with van der Waals surface area (Å²) in [6.45, 7) is 2.79. The molecule has 29 heavy (non-hydrogen) atoms. The summed E-state index contributed by atoms with van der Waals surface area (Å²) < 4.78 is 16.1. The minimum absolute atomic E-state index is 0. The van der Waals surface area contributed by atoms with Crippen LogP contribution in [0.3, 0.4) is 0 Å². The largest absolute Gasteiger partial charge is 0.493 e. The molecule has 2 unspecified atom stereocenters. The third-order valence-electron chi connectivity index (χ3n) is 5.53. The van der Waals surface area contributed by atoms with Gasteiger partial charge in [-0.15, -0.1) is 12.4 Å². The van der Waals surface area contributed by atoms with Gasteiger partial charge >= 0.3 is 0 Å². The average Bonchev–Trinajstić information content (AvgIpc) is 3.33. The van der Waals surface area contributed by atoms with E-state index in [0.29, 0.717) is 35.4 Å². The molecule has 2 amide bonds. The van der Waals surface area contributed by atoms with Crippen LogP contribution in [0.25, 0.3) is 0 Å². The molecule has 0 saturated carbocycles. The van der Waals surface area contributed by atoms with Crippen molar-refractivity contribution in [1.82, 2.24) is 10.2 Å². The molecular formula is C20H30ClN3O5. The predicted molar refractivity (Wildman–Crippen MR) is 112 cm³/mol. The van der Waals surface area contributed by atoms with Gasteiger partial charge in [-0.1, -0.05) is 0 Å². The molecule has 1 aromatic rings. The standard InChI is InChI=1S/C20H29N3O5.ClH/c1-21-10-13-5-6-22(11-13)20(25)14-7-18(24)23(12-14)15-8-16(26-2)19(28-4)17(9-15)27-3;/h8-9,13-14,21H,5-7,10-12H2,1-4H3;1H. The van der Waals surface area contributed by atoms with Crippen LogP contribution in [0, 0.1) is 11.8 Å². The van der Waals surface area contributed by atoms with E-state index in [-0.39, 0.29) is 36.6 Å². The number of halogens is 1. The number of carbonyl (C=O) groups excluding carboxylic acids is 2. The summed E-state index contributed by atoms with van der Waals surface area (Å²) in [6.07, 6.45) is 1.23. The SMILES string of the molecule is CNCC1CCN(C(=O)C2CC(=O)N(c3cc(OC)c(OC)c(OC)c3)C2)C1.Cl. The Labute approximate surface area is 177 Å². The second-order valence-electron chi connectivity index (χ2n) is 7.29. The molecule has 0 radical (unpaired) electrons. The van der Waals surface area contributed by atoms with E-state index in [1.165, 1.54) is 21.3 Å². The third kappa shape index (κ3) is 4.70. The van der Waals surface area contributed by atoms with Crippen LogP contribution < -0.4 is 24.4 Å². The number of nitrogens with one attached hydrogen (secondary N) is 1. The first-order chi connectivity index (χ1) is 13.5. The lowest BCUT2D eigenvalue weighted by Crippen LogP contribution is -2.36. The van der Waals surface area contributed by atoms with Crippen LogP contribution in [0.15, 0.2) is 12.1 Å². The first-order valence-electron chi connectivity index (χ1n) is 9.56. The van der Waals surface area contributed by atoms with E-state index in [1.54, 1.807) is 17.0 Å². The van der Waals surface area contributed by atoms with E-state index in [9.17, 15) is 9.59 Å². The molecule has 0 spiro atoms. The van der Waals surface area contributed by atoms with Crippen LogP contribution in [0.1, 0.15) is 12.8 Å². The van der Waals surface area contributed by atoms with Gasteiger partial charge in [0, 0.05) is 38.2 Å². The minimum Gasteiger partial charge on any atom is -0.493 e. The number of likely N-dealkylation sites (tertiary alicyclic amines) is 1. The van der Waals surface area contributed by atoms with E-state index >= 15 is 0 Å². The number of amides is 2. The van der Waals surface area contributed by atoms with Crippen LogP contribution >= 0.6 is 12.4 Å². The zero-order chi connectivity index (χ0) is 20.3. The summed E-state index contributed by atoms with van der Waals surface area (Å²) in [5.74, 6) is 1.60. The topological polar surface area (TPSA) is 80.3 Å². The number of ether oxygens (including phenoxy) is 3. The van der Waals surface area contributed by atoms with E-state index < -0.39 is 0 Å². The highest BCUT2D eigenvalue weighted by Gasteiger charge is 2.39. The Morgan fingerprint density at radius 3 is 2.34 bits per heavy atom. The van der Waals surface area contributed by atoms with Gasteiger partial charge in [0.25, 0.3) is 0 Å². The maximum atomic E-state index is 12.9. The molecule has 3 rings (SSSR count). The molecule has 0 aromatic heterocycles. The van der Waals surface area contributed by atoms with Crippen molar-refractivity contribution in [2.75, 3.05) is 59.5 Å². The molecule has 0 bridgehead atoms. The molecule has 1 aromatic carbocycles. The number of benzene rings is 1. The van der Waals surface area contributed by atoms with Gasteiger partial charge in [0.1, 0.15) is 0 Å². The van der Waals surface area contributed by atoms with Crippen molar-refractivity contribution in [1.29, 1.82) is 0 Å². The Morgan fingerprint density at radius 1 is 1.14 bits per heavy atom. The monoisotopic (exact) mass is 427 g/mol. The van der Waals surface area contributed by atoms with Gasteiger partial charge in [-0.3, -0.25) is 9.59 Å². The van der Waals surface area contributed by atoms with Crippen molar-refractivity contribution < 1.29 is 23.8 Å². The fraction of sp³-hybridized carbons (Fsp3) is 0.600. The minimum atomic E-state index is -0.320. The number of carbonyl (C=O) groups is 2. The zero-order valence-corrected chi connectivity index (χ0v) is 18.2. The molecule has 1 N–H and O–H groups in total. The number of nitrogens with zero attached hydrogens (tertiary/aromatic N) is 2. The van der Waals surface area contributed by atoms with E-state index in [2.05, 4.69) is 5.32 Å². The normalized spacial score (nSPS) is 21.2. The molecule has 8 nitrogen and oxygen atoms in total. The fourth-order valence-electron chi connectivity index (χ4n) is 4.09. The van der Waals surface area contributed by atoms with Gasteiger partial charge in [0.15, 0.2) is 11.5 Å². The van der Waals surface area contributed by atoms with Gasteiger partial charge < -0.3 is 29.3 Å². The highest BCUT2D eigenvalue weighted by molar-refractivity contribution is 6.00. The molecule has 2 aliphatic rings. The number of hydrogen-bond donors (Lipinski definition) is 1. The lowest BCUT2D eigenvalue weighted by molar-refractivity contribution is -0.134. The maximum Gasteiger partial charge on any atom is 0.228 e. The Morgan fingerprint density at radius 2 is 1.79 bits per heavy atom. The fourth-order valence-corrected chi connectivity index (χ4v) is 4.09. The first-order valence-corrected chi connectivity index (χ1v) is 9.56. The summed E-state index contributed by atoms with van der Waals surface area (Å²) in [4.78, 5) is 29.1. The highest BCUT2D eigenvalue weighted by atomic mass is 35.5. The quantitative estimate of drug-likeness (QED) is 0.711. The van der Waals surface area contributed by atoms with Crippen LogP contribution in [0.2, 0.25) is 0 Å². The maximum absolute atomic E-state index is 12.9. The summed E-state index contributed by atoms with van der Waals surface area (Å²) >= 11 is 0. The number of methoxy groups -OCH3 is 3. The Bertz CT molecular complexity index is 720. The molecule has 0 aliphatic carbocycles. The van der Waals surface area contributed by atoms with Crippen molar-refractivity contribution >= 4 is 29.9 Å². The molecule has 2 atom stereocenters. The van der Waals surface area contributed by atoms with Crippen LogP contribution in [-0.4, -0.2) is 71.3 Å². The van der Waals surface area contributed by atoms with Gasteiger partial charge in [0.05, 0.1) is 32.9 Å². The van der Waals surface area contributed by atoms with Crippen molar-refractivity contribution in [2.45, 2.75) is 12.8 Å². The molecule has 2 heterocycles. The molecule has 162 valence electrons. The Kier molecular flexibility index (Phi) is 7.98. The van der Waals surface area contributed by atoms with Crippen molar-refractivity contribution in [2.24, 2.45) is 11.8 Å². The lowest BCUT2D eigenvalue weighted by atomic mass is 10.1. The van der Waals surface area contributed by atoms with E-state index in [4.69, 9.17) is 14.2 Å². The van der Waals surface area contributed by atoms with Crippen LogP contribution in [-0.2, 0) is 9.59 Å². The van der Waals surface area contributed by atoms with E-state index in [1.807, 2.05) is 11.9 Å². The van der Waals surface area contributed by atoms with Gasteiger partial charge in [0.2, 0.25) is 17.6 Å². The number of hydrogen-bond acceptors (Lipinski definition) is 6. The summed E-state index contributed by atoms with van der Waals surface area (Å²) in [6, 6.07) is 3.48. The van der Waals surface area contributed by atoms with Crippen molar-refractivity contribution in [3.05, 3.63) is 12.1 Å². The van der Waals surface area contributed by atoms with E-state index in [0.717, 1.165) is 26.1 Å². The Hall–Kier alpha value is -2.19. The predicted octanol–water partition coefficient (Wildman–Crippen LogP) is 1.56. The van der Waals surface area contributed by atoms with Crippen LogP contribution in [0.5, 0.6) is 17.2 Å². The van der Waals surface area contributed by atoms with Gasteiger partial charge in [-0.05, 0) is 25.9 Å². The number of rotatable bonds is 7. The highest BCUT2D eigenvalue weighted by Crippen LogP contribution is 2.42. The lowest BCUT2D eigenvalue weighted by Gasteiger charge is -2.22. The van der Waals surface area contributed by atoms with Gasteiger partial charge in [-0.25, -0.2) is 0 Å². The molecule has 2 aliphatic heterocycles. The molecule has 2 fully saturated rings. The average molecular weight is 428 g/mol. The van der Waals surface area contributed by atoms with Crippen molar-refractivity contribution in [3.8, 4) is 17.2 Å². The summed E-state index contributed by atoms with van der Waals surface area (Å²) in [7, 11) is 6.53. The third-order valence-corrected chi connectivity index (χ3v) is 5.53.